The van der Waals surface area contributed by atoms with Crippen LogP contribution >= 0.6 is 0 Å². The van der Waals surface area contributed by atoms with Gasteiger partial charge in [0.2, 0.25) is 0 Å². The molecule has 0 aromatic rings. The van der Waals surface area contributed by atoms with Crippen LogP contribution in [-0.4, -0.2) is 37.2 Å². The molecule has 0 radical (unpaired) electrons. The van der Waals surface area contributed by atoms with Crippen LogP contribution in [0.2, 0.25) is 0 Å². The molecule has 0 spiro atoms. The Kier molecular flexibility index (Phi) is 51.9. The number of carbonyl (C=O) groups is 3. The molecule has 0 unspecified atom stereocenters. The second kappa shape index (κ2) is 54.5. The summed E-state index contributed by atoms with van der Waals surface area (Å²) in [4.78, 5) is 38.1. The Labute approximate surface area is 408 Å². The molecule has 66 heavy (non-hydrogen) atoms. The summed E-state index contributed by atoms with van der Waals surface area (Å²) in [6, 6.07) is 0. The standard InChI is InChI=1S/C60H104O6/c1-4-7-10-13-16-19-22-25-28-29-30-31-33-35-38-41-44-47-50-53-59(62)65-56-57(55-64-58(61)52-49-46-43-40-37-34-27-24-21-18-15-12-9-6-3)66-60(63)54-51-48-45-42-39-36-32-26-23-20-17-14-11-8-5-2/h16-17,19-20,25-26,28,30-32,35,38,57H,4-15,18,21-24,27,29,33-34,36-37,39-56H2,1-3H3/b19-16-,20-17-,28-25-,31-30-,32-26-,38-35-/t57-/m1/s1. The Morgan fingerprint density at radius 1 is 0.303 bits per heavy atom. The lowest BCUT2D eigenvalue weighted by atomic mass is 10.0. The van der Waals surface area contributed by atoms with Gasteiger partial charge in [-0.3, -0.25) is 14.4 Å². The first kappa shape index (κ1) is 62.8. The second-order valence-corrected chi connectivity index (χ2v) is 18.5. The smallest absolute Gasteiger partial charge is 0.306 e. The summed E-state index contributed by atoms with van der Waals surface area (Å²) in [5.41, 5.74) is 0. The van der Waals surface area contributed by atoms with E-state index in [0.29, 0.717) is 19.3 Å². The minimum absolute atomic E-state index is 0.0896. The Morgan fingerprint density at radius 3 is 0.894 bits per heavy atom. The van der Waals surface area contributed by atoms with Crippen molar-refractivity contribution < 1.29 is 28.6 Å². The number of ether oxygens (including phenoxy) is 3. The predicted octanol–water partition coefficient (Wildman–Crippen LogP) is 18.6. The minimum Gasteiger partial charge on any atom is -0.462 e. The molecule has 6 nitrogen and oxygen atoms in total. The zero-order valence-corrected chi connectivity index (χ0v) is 43.4. The first-order valence-electron chi connectivity index (χ1n) is 27.9. The number of hydrogen-bond donors (Lipinski definition) is 0. The van der Waals surface area contributed by atoms with Crippen molar-refractivity contribution in [2.24, 2.45) is 0 Å². The quantitative estimate of drug-likeness (QED) is 0.0262. The van der Waals surface area contributed by atoms with Gasteiger partial charge in [0.15, 0.2) is 6.10 Å². The van der Waals surface area contributed by atoms with Gasteiger partial charge < -0.3 is 14.2 Å². The van der Waals surface area contributed by atoms with Crippen LogP contribution in [0.5, 0.6) is 0 Å². The van der Waals surface area contributed by atoms with Gasteiger partial charge in [-0.05, 0) is 96.3 Å². The molecule has 0 amide bonds. The van der Waals surface area contributed by atoms with Crippen LogP contribution in [0.4, 0.5) is 0 Å². The monoisotopic (exact) mass is 921 g/mol. The maximum atomic E-state index is 12.8. The summed E-state index contributed by atoms with van der Waals surface area (Å²) in [6.45, 7) is 6.56. The Bertz CT molecular complexity index is 1240. The average molecular weight is 921 g/mol. The molecule has 0 N–H and O–H groups in total. The van der Waals surface area contributed by atoms with Gasteiger partial charge in [-0.15, -0.1) is 0 Å². The molecule has 0 aromatic carbocycles. The number of rotatable bonds is 50. The van der Waals surface area contributed by atoms with E-state index in [1.807, 2.05) is 0 Å². The van der Waals surface area contributed by atoms with Crippen LogP contribution in [0, 0.1) is 0 Å². The fourth-order valence-electron chi connectivity index (χ4n) is 7.69. The van der Waals surface area contributed by atoms with Gasteiger partial charge in [0, 0.05) is 19.3 Å². The van der Waals surface area contributed by atoms with E-state index in [4.69, 9.17) is 14.2 Å². The molecule has 0 fully saturated rings. The van der Waals surface area contributed by atoms with E-state index in [1.54, 1.807) is 0 Å². The molecule has 0 heterocycles. The maximum Gasteiger partial charge on any atom is 0.306 e. The maximum absolute atomic E-state index is 12.8. The van der Waals surface area contributed by atoms with Gasteiger partial charge in [-0.1, -0.05) is 229 Å². The number of hydrogen-bond acceptors (Lipinski definition) is 6. The zero-order chi connectivity index (χ0) is 47.9. The molecule has 0 aliphatic heterocycles. The van der Waals surface area contributed by atoms with Crippen LogP contribution in [0.25, 0.3) is 0 Å². The average Bonchev–Trinajstić information content (AvgIpc) is 3.31. The van der Waals surface area contributed by atoms with Gasteiger partial charge >= 0.3 is 17.9 Å². The molecule has 0 rings (SSSR count). The van der Waals surface area contributed by atoms with Crippen LogP contribution in [0.15, 0.2) is 72.9 Å². The van der Waals surface area contributed by atoms with Crippen molar-refractivity contribution in [3.63, 3.8) is 0 Å². The van der Waals surface area contributed by atoms with Crippen molar-refractivity contribution in [1.29, 1.82) is 0 Å². The summed E-state index contributed by atoms with van der Waals surface area (Å²) in [7, 11) is 0. The Hall–Kier alpha value is -3.15. The zero-order valence-electron chi connectivity index (χ0n) is 43.4. The highest BCUT2D eigenvalue weighted by molar-refractivity contribution is 5.71. The molecule has 6 heteroatoms. The number of unbranched alkanes of at least 4 members (excludes halogenated alkanes) is 27. The van der Waals surface area contributed by atoms with Crippen LogP contribution in [0.3, 0.4) is 0 Å². The highest BCUT2D eigenvalue weighted by Crippen LogP contribution is 2.15. The highest BCUT2D eigenvalue weighted by Gasteiger charge is 2.19. The third-order valence-corrected chi connectivity index (χ3v) is 11.9. The van der Waals surface area contributed by atoms with Crippen molar-refractivity contribution >= 4 is 17.9 Å². The summed E-state index contributed by atoms with van der Waals surface area (Å²) < 4.78 is 16.8. The molecule has 0 aliphatic rings. The number of allylic oxidation sites excluding steroid dienone is 12. The molecule has 0 aromatic heterocycles. The first-order valence-corrected chi connectivity index (χ1v) is 27.9. The molecule has 0 saturated carbocycles. The van der Waals surface area contributed by atoms with E-state index in [-0.39, 0.29) is 31.1 Å². The lowest BCUT2D eigenvalue weighted by Gasteiger charge is -2.18. The van der Waals surface area contributed by atoms with Crippen LogP contribution < -0.4 is 0 Å². The van der Waals surface area contributed by atoms with Crippen molar-refractivity contribution in [2.75, 3.05) is 13.2 Å². The normalized spacial score (nSPS) is 12.6. The Morgan fingerprint density at radius 2 is 0.545 bits per heavy atom. The SMILES string of the molecule is CCCCC/C=C\C/C=C\C/C=C\C/C=C\CCCCCC(=O)OC[C@@H](COC(=O)CCCCCCCCCCCCCCCC)OC(=O)CCCCCCC/C=C\C/C=C\CCCCC. The van der Waals surface area contributed by atoms with E-state index in [9.17, 15) is 14.4 Å². The first-order chi connectivity index (χ1) is 32.5. The lowest BCUT2D eigenvalue weighted by Crippen LogP contribution is -2.30. The number of esters is 3. The van der Waals surface area contributed by atoms with E-state index < -0.39 is 6.10 Å². The van der Waals surface area contributed by atoms with E-state index in [2.05, 4.69) is 93.7 Å². The summed E-state index contributed by atoms with van der Waals surface area (Å²) >= 11 is 0. The summed E-state index contributed by atoms with van der Waals surface area (Å²) in [6.07, 6.45) is 68.8. The number of carbonyl (C=O) groups excluding carboxylic acids is 3. The van der Waals surface area contributed by atoms with E-state index in [1.165, 1.54) is 122 Å². The molecule has 380 valence electrons. The Balaban J connectivity index is 4.45. The van der Waals surface area contributed by atoms with Crippen molar-refractivity contribution in [3.8, 4) is 0 Å². The lowest BCUT2D eigenvalue weighted by molar-refractivity contribution is -0.167. The molecule has 1 atom stereocenters. The van der Waals surface area contributed by atoms with Crippen molar-refractivity contribution in [2.45, 2.75) is 277 Å². The predicted molar refractivity (Wildman–Crippen MR) is 284 cm³/mol. The minimum atomic E-state index is -0.794. The molecule has 0 saturated heterocycles. The fourth-order valence-corrected chi connectivity index (χ4v) is 7.69. The van der Waals surface area contributed by atoms with Gasteiger partial charge in [0.25, 0.3) is 0 Å². The topological polar surface area (TPSA) is 78.9 Å². The van der Waals surface area contributed by atoms with Crippen molar-refractivity contribution in [3.05, 3.63) is 72.9 Å². The van der Waals surface area contributed by atoms with Crippen LogP contribution in [-0.2, 0) is 28.6 Å². The fraction of sp³-hybridized carbons (Fsp3) is 0.750. The molecular formula is C60H104O6. The van der Waals surface area contributed by atoms with Gasteiger partial charge in [-0.25, -0.2) is 0 Å². The summed E-state index contributed by atoms with van der Waals surface area (Å²) in [5, 5.41) is 0. The van der Waals surface area contributed by atoms with Gasteiger partial charge in [-0.2, -0.15) is 0 Å². The largest absolute Gasteiger partial charge is 0.462 e. The van der Waals surface area contributed by atoms with Crippen LogP contribution in [0.1, 0.15) is 271 Å². The van der Waals surface area contributed by atoms with Crippen molar-refractivity contribution in [1.82, 2.24) is 0 Å². The van der Waals surface area contributed by atoms with E-state index >= 15 is 0 Å². The molecular weight excluding hydrogens is 817 g/mol. The summed E-state index contributed by atoms with van der Waals surface area (Å²) in [5.74, 6) is -0.929. The second-order valence-electron chi connectivity index (χ2n) is 18.5. The third kappa shape index (κ3) is 51.8. The molecule has 0 aliphatic carbocycles. The van der Waals surface area contributed by atoms with E-state index in [0.717, 1.165) is 109 Å². The van der Waals surface area contributed by atoms with Gasteiger partial charge in [0.1, 0.15) is 13.2 Å². The third-order valence-electron chi connectivity index (χ3n) is 11.9. The van der Waals surface area contributed by atoms with Gasteiger partial charge in [0.05, 0.1) is 0 Å². The highest BCUT2D eigenvalue weighted by atomic mass is 16.6. The molecule has 0 bridgehead atoms.